The van der Waals surface area contributed by atoms with Crippen LogP contribution in [0.4, 0.5) is 0 Å². The molecule has 0 aliphatic carbocycles. The predicted molar refractivity (Wildman–Crippen MR) is 99.3 cm³/mol. The summed E-state index contributed by atoms with van der Waals surface area (Å²) in [6, 6.07) is 16.9. The lowest BCUT2D eigenvalue weighted by molar-refractivity contribution is 0.830. The number of aromatic nitrogens is 1. The molecule has 0 radical (unpaired) electrons. The number of aryl methyl sites for hydroxylation is 2. The normalized spacial score (nSPS) is 10.9. The molecule has 0 aliphatic rings. The summed E-state index contributed by atoms with van der Waals surface area (Å²) < 4.78 is 0. The first-order chi connectivity index (χ1) is 11.2. The lowest BCUT2D eigenvalue weighted by atomic mass is 10.0. The molecular formula is C21H24N2. The molecule has 23 heavy (non-hydrogen) atoms. The third-order valence-electron chi connectivity index (χ3n) is 4.25. The van der Waals surface area contributed by atoms with E-state index in [4.69, 9.17) is 0 Å². The summed E-state index contributed by atoms with van der Waals surface area (Å²) in [5.74, 6) is 0. The van der Waals surface area contributed by atoms with Crippen molar-refractivity contribution >= 4 is 16.6 Å². The highest BCUT2D eigenvalue weighted by molar-refractivity contribution is 5.85. The van der Waals surface area contributed by atoms with Gasteiger partial charge in [-0.25, -0.2) is 0 Å². The van der Waals surface area contributed by atoms with Gasteiger partial charge in [0.1, 0.15) is 0 Å². The lowest BCUT2D eigenvalue weighted by Crippen LogP contribution is -2.12. The van der Waals surface area contributed by atoms with Crippen molar-refractivity contribution in [2.45, 2.75) is 33.2 Å². The van der Waals surface area contributed by atoms with Gasteiger partial charge in [-0.2, -0.15) is 0 Å². The van der Waals surface area contributed by atoms with Crippen LogP contribution < -0.4 is 5.32 Å². The van der Waals surface area contributed by atoms with Crippen LogP contribution in [0.25, 0.3) is 16.6 Å². The second kappa shape index (κ2) is 6.74. The van der Waals surface area contributed by atoms with Gasteiger partial charge < -0.3 is 10.3 Å². The monoisotopic (exact) mass is 304 g/mol. The van der Waals surface area contributed by atoms with Crippen LogP contribution in [0.1, 0.15) is 35.7 Å². The van der Waals surface area contributed by atoms with E-state index in [1.165, 1.54) is 27.7 Å². The number of rotatable bonds is 6. The minimum Gasteiger partial charge on any atom is -0.379 e. The van der Waals surface area contributed by atoms with Crippen LogP contribution in [-0.4, -0.2) is 4.98 Å². The van der Waals surface area contributed by atoms with E-state index in [9.17, 15) is 0 Å². The molecule has 3 rings (SSSR count). The maximum absolute atomic E-state index is 4.16. The zero-order chi connectivity index (χ0) is 16.2. The fourth-order valence-corrected chi connectivity index (χ4v) is 3.04. The fraction of sp³-hybridized carbons (Fsp3) is 0.238. The maximum Gasteiger partial charge on any atom is 0.0554 e. The topological polar surface area (TPSA) is 27.8 Å². The van der Waals surface area contributed by atoms with E-state index in [2.05, 4.69) is 61.1 Å². The van der Waals surface area contributed by atoms with E-state index in [1.54, 1.807) is 0 Å². The maximum atomic E-state index is 4.16. The van der Waals surface area contributed by atoms with Crippen molar-refractivity contribution < 1.29 is 0 Å². The van der Waals surface area contributed by atoms with Crippen molar-refractivity contribution in [3.05, 3.63) is 77.5 Å². The smallest absolute Gasteiger partial charge is 0.0554 e. The molecule has 0 spiro atoms. The molecule has 0 aliphatic heterocycles. The first-order valence-electron chi connectivity index (χ1n) is 8.27. The minimum absolute atomic E-state index is 0.775. The van der Waals surface area contributed by atoms with E-state index < -0.39 is 0 Å². The van der Waals surface area contributed by atoms with Crippen molar-refractivity contribution in [2.75, 3.05) is 0 Å². The molecule has 0 atom stereocenters. The second-order valence-corrected chi connectivity index (χ2v) is 6.08. The molecule has 0 bridgehead atoms. The Bertz CT molecular complexity index is 812. The first-order valence-corrected chi connectivity index (χ1v) is 8.27. The highest BCUT2D eigenvalue weighted by Crippen LogP contribution is 2.25. The van der Waals surface area contributed by atoms with Crippen molar-refractivity contribution in [2.24, 2.45) is 0 Å². The van der Waals surface area contributed by atoms with Gasteiger partial charge in [0.15, 0.2) is 0 Å². The van der Waals surface area contributed by atoms with Gasteiger partial charge in [0, 0.05) is 22.3 Å². The summed E-state index contributed by atoms with van der Waals surface area (Å²) in [5, 5.41) is 4.82. The molecule has 2 heteroatoms. The fourth-order valence-electron chi connectivity index (χ4n) is 3.04. The molecule has 2 N–H and O–H groups in total. The highest BCUT2D eigenvalue weighted by atomic mass is 14.9. The van der Waals surface area contributed by atoms with Gasteiger partial charge in [-0.05, 0) is 36.6 Å². The lowest BCUT2D eigenvalue weighted by Gasteiger charge is -2.10. The van der Waals surface area contributed by atoms with Crippen molar-refractivity contribution in [1.82, 2.24) is 10.3 Å². The van der Waals surface area contributed by atoms with Crippen LogP contribution in [0.2, 0.25) is 0 Å². The number of aromatic amines is 1. The molecule has 0 amide bonds. The quantitative estimate of drug-likeness (QED) is 0.644. The Labute approximate surface area is 138 Å². The average Bonchev–Trinajstić information content (AvgIpc) is 2.91. The molecule has 0 unspecified atom stereocenters. The van der Waals surface area contributed by atoms with E-state index >= 15 is 0 Å². The molecule has 2 aromatic carbocycles. The number of H-pyrrole nitrogens is 1. The van der Waals surface area contributed by atoms with E-state index in [0.717, 1.165) is 30.6 Å². The number of benzene rings is 2. The number of hydrogen-bond donors (Lipinski definition) is 2. The third-order valence-corrected chi connectivity index (χ3v) is 4.25. The molecule has 0 fully saturated rings. The highest BCUT2D eigenvalue weighted by Gasteiger charge is 2.11. The SMILES string of the molecule is C=C(NCc1[nH]c2ccc(C)cc2c1CCC)c1ccccc1. The predicted octanol–water partition coefficient (Wildman–Crippen LogP) is 5.19. The first kappa shape index (κ1) is 15.4. The zero-order valence-electron chi connectivity index (χ0n) is 13.9. The summed E-state index contributed by atoms with van der Waals surface area (Å²) >= 11 is 0. The third kappa shape index (κ3) is 3.31. The van der Waals surface area contributed by atoms with Gasteiger partial charge in [0.2, 0.25) is 0 Å². The van der Waals surface area contributed by atoms with Crippen molar-refractivity contribution in [3.8, 4) is 0 Å². The molecule has 0 saturated heterocycles. The van der Waals surface area contributed by atoms with E-state index in [-0.39, 0.29) is 0 Å². The Morgan fingerprint density at radius 1 is 1.13 bits per heavy atom. The van der Waals surface area contributed by atoms with Gasteiger partial charge >= 0.3 is 0 Å². The minimum atomic E-state index is 0.775. The molecule has 3 aromatic rings. The molecule has 1 aromatic heterocycles. The van der Waals surface area contributed by atoms with Gasteiger partial charge in [0.05, 0.1) is 6.54 Å². The standard InChI is InChI=1S/C21H24N2/c1-4-8-18-19-13-15(2)11-12-20(19)23-21(18)14-22-16(3)17-9-6-5-7-10-17/h5-7,9-13,22-23H,3-4,8,14H2,1-2H3. The van der Waals surface area contributed by atoms with Crippen LogP contribution in [0, 0.1) is 6.92 Å². The van der Waals surface area contributed by atoms with E-state index in [1.807, 2.05) is 18.2 Å². The van der Waals surface area contributed by atoms with Crippen LogP contribution >= 0.6 is 0 Å². The van der Waals surface area contributed by atoms with Crippen molar-refractivity contribution in [1.29, 1.82) is 0 Å². The van der Waals surface area contributed by atoms with Gasteiger partial charge in [-0.15, -0.1) is 0 Å². The Balaban J connectivity index is 1.84. The number of fused-ring (bicyclic) bond motifs is 1. The summed E-state index contributed by atoms with van der Waals surface area (Å²) in [4.78, 5) is 3.58. The van der Waals surface area contributed by atoms with Crippen LogP contribution in [-0.2, 0) is 13.0 Å². The molecular weight excluding hydrogens is 280 g/mol. The summed E-state index contributed by atoms with van der Waals surface area (Å²) in [5.41, 5.74) is 7.33. The Morgan fingerprint density at radius 2 is 1.91 bits per heavy atom. The molecule has 118 valence electrons. The van der Waals surface area contributed by atoms with Gasteiger partial charge in [-0.1, -0.05) is 61.9 Å². The average molecular weight is 304 g/mol. The Hall–Kier alpha value is -2.48. The van der Waals surface area contributed by atoms with Gasteiger partial charge in [0.25, 0.3) is 0 Å². The largest absolute Gasteiger partial charge is 0.379 e. The van der Waals surface area contributed by atoms with E-state index in [0.29, 0.717) is 0 Å². The summed E-state index contributed by atoms with van der Waals surface area (Å²) in [6.07, 6.45) is 2.24. The van der Waals surface area contributed by atoms with Crippen LogP contribution in [0.15, 0.2) is 55.1 Å². The zero-order valence-corrected chi connectivity index (χ0v) is 13.9. The summed E-state index contributed by atoms with van der Waals surface area (Å²) in [7, 11) is 0. The Morgan fingerprint density at radius 3 is 2.65 bits per heavy atom. The number of nitrogens with one attached hydrogen (secondary N) is 2. The molecule has 0 saturated carbocycles. The Kier molecular flexibility index (Phi) is 4.52. The summed E-state index contributed by atoms with van der Waals surface area (Å²) in [6.45, 7) is 9.31. The van der Waals surface area contributed by atoms with Crippen LogP contribution in [0.5, 0.6) is 0 Å². The van der Waals surface area contributed by atoms with Gasteiger partial charge in [-0.3, -0.25) is 0 Å². The molecule has 2 nitrogen and oxygen atoms in total. The second-order valence-electron chi connectivity index (χ2n) is 6.08. The van der Waals surface area contributed by atoms with Crippen molar-refractivity contribution in [3.63, 3.8) is 0 Å². The molecule has 1 heterocycles. The number of hydrogen-bond acceptors (Lipinski definition) is 1. The van der Waals surface area contributed by atoms with Crippen LogP contribution in [0.3, 0.4) is 0 Å².